The minimum Gasteiger partial charge on any atom is -0.468 e. The second-order valence-electron chi connectivity index (χ2n) is 5.53. The van der Waals surface area contributed by atoms with E-state index in [4.69, 9.17) is 4.74 Å². The van der Waals surface area contributed by atoms with Crippen molar-refractivity contribution in [3.63, 3.8) is 0 Å². The molecule has 1 fully saturated rings. The Morgan fingerprint density at radius 3 is 2.39 bits per heavy atom. The molecular weight excluding hydrogens is 236 g/mol. The summed E-state index contributed by atoms with van der Waals surface area (Å²) < 4.78 is 9.98. The van der Waals surface area contributed by atoms with Gasteiger partial charge >= 0.3 is 12.1 Å². The highest BCUT2D eigenvalue weighted by atomic mass is 16.6. The van der Waals surface area contributed by atoms with Crippen LogP contribution in [-0.2, 0) is 14.3 Å². The van der Waals surface area contributed by atoms with Crippen LogP contribution in [0.15, 0.2) is 0 Å². The van der Waals surface area contributed by atoms with E-state index in [0.29, 0.717) is 6.54 Å². The first kappa shape index (κ1) is 14.8. The minimum absolute atomic E-state index is 0.0235. The van der Waals surface area contributed by atoms with Gasteiger partial charge in [-0.25, -0.2) is 4.79 Å². The van der Waals surface area contributed by atoms with Gasteiger partial charge in [-0.3, -0.25) is 10.1 Å². The van der Waals surface area contributed by atoms with Crippen LogP contribution in [0.25, 0.3) is 0 Å². The molecule has 6 heteroatoms. The Bertz CT molecular complexity index is 325. The molecule has 18 heavy (non-hydrogen) atoms. The standard InChI is InChI=1S/C12H22N2O4/c1-8-6-14(11(16)18-12(2,3)4)7-9(13-8)10(15)17-5/h8-9,13H,6-7H2,1-5H3/t8-,9-/m1/s1. The molecule has 0 bridgehead atoms. The third-order valence-electron chi connectivity index (χ3n) is 2.52. The number of amides is 1. The third kappa shape index (κ3) is 4.18. The van der Waals surface area contributed by atoms with Gasteiger partial charge in [0.25, 0.3) is 0 Å². The number of rotatable bonds is 1. The van der Waals surface area contributed by atoms with Crippen LogP contribution in [-0.4, -0.2) is 54.8 Å². The number of hydrogen-bond donors (Lipinski definition) is 1. The molecule has 6 nitrogen and oxygen atoms in total. The van der Waals surface area contributed by atoms with Crippen LogP contribution < -0.4 is 5.32 Å². The van der Waals surface area contributed by atoms with Gasteiger partial charge in [-0.15, -0.1) is 0 Å². The van der Waals surface area contributed by atoms with Gasteiger partial charge < -0.3 is 14.4 Å². The second-order valence-corrected chi connectivity index (χ2v) is 5.53. The zero-order chi connectivity index (χ0) is 13.9. The van der Waals surface area contributed by atoms with Crippen LogP contribution in [0.5, 0.6) is 0 Å². The first-order valence-electron chi connectivity index (χ1n) is 6.04. The molecule has 1 saturated heterocycles. The van der Waals surface area contributed by atoms with E-state index < -0.39 is 17.7 Å². The third-order valence-corrected chi connectivity index (χ3v) is 2.52. The molecule has 0 aromatic heterocycles. The molecule has 1 N–H and O–H groups in total. The lowest BCUT2D eigenvalue weighted by molar-refractivity contribution is -0.144. The number of esters is 1. The number of carbonyl (C=O) groups is 2. The van der Waals surface area contributed by atoms with E-state index in [0.717, 1.165) is 0 Å². The molecular formula is C12H22N2O4. The molecule has 1 heterocycles. The molecule has 0 radical (unpaired) electrons. The molecule has 1 aliphatic heterocycles. The van der Waals surface area contributed by atoms with Crippen molar-refractivity contribution in [3.8, 4) is 0 Å². The lowest BCUT2D eigenvalue weighted by Gasteiger charge is -2.36. The van der Waals surface area contributed by atoms with Gasteiger partial charge in [0.05, 0.1) is 13.7 Å². The van der Waals surface area contributed by atoms with E-state index in [1.165, 1.54) is 12.0 Å². The molecule has 0 aliphatic carbocycles. The number of ether oxygens (including phenoxy) is 2. The van der Waals surface area contributed by atoms with E-state index >= 15 is 0 Å². The maximum absolute atomic E-state index is 11.9. The minimum atomic E-state index is -0.536. The highest BCUT2D eigenvalue weighted by molar-refractivity contribution is 5.77. The van der Waals surface area contributed by atoms with Crippen molar-refractivity contribution in [3.05, 3.63) is 0 Å². The van der Waals surface area contributed by atoms with E-state index in [1.54, 1.807) is 0 Å². The van der Waals surface area contributed by atoms with Crippen molar-refractivity contribution < 1.29 is 19.1 Å². The number of carbonyl (C=O) groups excluding carboxylic acids is 2. The van der Waals surface area contributed by atoms with E-state index in [2.05, 4.69) is 10.1 Å². The van der Waals surface area contributed by atoms with Crippen molar-refractivity contribution in [2.75, 3.05) is 20.2 Å². The molecule has 1 amide bonds. The summed E-state index contributed by atoms with van der Waals surface area (Å²) in [6, 6.07) is -0.471. The van der Waals surface area contributed by atoms with Crippen molar-refractivity contribution in [2.45, 2.75) is 45.4 Å². The number of nitrogens with one attached hydrogen (secondary N) is 1. The molecule has 1 rings (SSSR count). The summed E-state index contributed by atoms with van der Waals surface area (Å²) in [6.45, 7) is 8.14. The van der Waals surface area contributed by atoms with Crippen LogP contribution in [0.4, 0.5) is 4.79 Å². The van der Waals surface area contributed by atoms with Gasteiger partial charge in [0.1, 0.15) is 11.6 Å². The maximum Gasteiger partial charge on any atom is 0.410 e. The number of nitrogens with zero attached hydrogens (tertiary/aromatic N) is 1. The Balaban J connectivity index is 2.66. The molecule has 104 valence electrons. The summed E-state index contributed by atoms with van der Waals surface area (Å²) >= 11 is 0. The Hall–Kier alpha value is -1.30. The Morgan fingerprint density at radius 1 is 1.28 bits per heavy atom. The summed E-state index contributed by atoms with van der Waals surface area (Å²) in [7, 11) is 1.33. The zero-order valence-corrected chi connectivity index (χ0v) is 11.6. The zero-order valence-electron chi connectivity index (χ0n) is 11.6. The smallest absolute Gasteiger partial charge is 0.410 e. The van der Waals surface area contributed by atoms with Crippen molar-refractivity contribution in [1.82, 2.24) is 10.2 Å². The van der Waals surface area contributed by atoms with Gasteiger partial charge in [0.15, 0.2) is 0 Å². The van der Waals surface area contributed by atoms with Gasteiger partial charge in [0.2, 0.25) is 0 Å². The normalized spacial score (nSPS) is 24.6. The molecule has 0 spiro atoms. The Morgan fingerprint density at radius 2 is 1.89 bits per heavy atom. The molecule has 1 aliphatic rings. The molecule has 0 saturated carbocycles. The quantitative estimate of drug-likeness (QED) is 0.703. The Kier molecular flexibility index (Phi) is 4.56. The fourth-order valence-corrected chi connectivity index (χ4v) is 1.83. The highest BCUT2D eigenvalue weighted by Crippen LogP contribution is 2.13. The van der Waals surface area contributed by atoms with Crippen molar-refractivity contribution in [1.29, 1.82) is 0 Å². The largest absolute Gasteiger partial charge is 0.468 e. The van der Waals surface area contributed by atoms with Crippen LogP contribution in [0.1, 0.15) is 27.7 Å². The van der Waals surface area contributed by atoms with Crippen molar-refractivity contribution >= 4 is 12.1 Å². The summed E-state index contributed by atoms with van der Waals surface area (Å²) in [5, 5.41) is 3.09. The first-order chi connectivity index (χ1) is 8.23. The van der Waals surface area contributed by atoms with E-state index in [1.807, 2.05) is 27.7 Å². The SMILES string of the molecule is COC(=O)[C@H]1CN(C(=O)OC(C)(C)C)C[C@@H](C)N1. The van der Waals surface area contributed by atoms with Crippen LogP contribution in [0, 0.1) is 0 Å². The molecule has 0 aromatic carbocycles. The number of hydrogen-bond acceptors (Lipinski definition) is 5. The van der Waals surface area contributed by atoms with Crippen LogP contribution in [0.3, 0.4) is 0 Å². The summed E-state index contributed by atoms with van der Waals surface area (Å²) in [6.07, 6.45) is -0.398. The molecule has 2 atom stereocenters. The maximum atomic E-state index is 11.9. The van der Waals surface area contributed by atoms with Gasteiger partial charge in [0, 0.05) is 12.6 Å². The van der Waals surface area contributed by atoms with Gasteiger partial charge in [-0.05, 0) is 27.7 Å². The Labute approximate surface area is 108 Å². The van der Waals surface area contributed by atoms with Crippen molar-refractivity contribution in [2.24, 2.45) is 0 Å². The summed E-state index contributed by atoms with van der Waals surface area (Å²) in [5.41, 5.74) is -0.536. The summed E-state index contributed by atoms with van der Waals surface area (Å²) in [4.78, 5) is 25.0. The lowest BCUT2D eigenvalue weighted by atomic mass is 10.1. The first-order valence-corrected chi connectivity index (χ1v) is 6.04. The fraction of sp³-hybridized carbons (Fsp3) is 0.833. The lowest BCUT2D eigenvalue weighted by Crippen LogP contribution is -2.60. The average molecular weight is 258 g/mol. The van der Waals surface area contributed by atoms with Gasteiger partial charge in [-0.2, -0.15) is 0 Å². The van der Waals surface area contributed by atoms with E-state index in [-0.39, 0.29) is 18.6 Å². The fourth-order valence-electron chi connectivity index (χ4n) is 1.83. The monoisotopic (exact) mass is 258 g/mol. The predicted molar refractivity (Wildman–Crippen MR) is 66.2 cm³/mol. The summed E-state index contributed by atoms with van der Waals surface area (Å²) in [5.74, 6) is -0.366. The average Bonchev–Trinajstić information content (AvgIpc) is 2.24. The van der Waals surface area contributed by atoms with E-state index in [9.17, 15) is 9.59 Å². The van der Waals surface area contributed by atoms with Gasteiger partial charge in [-0.1, -0.05) is 0 Å². The van der Waals surface area contributed by atoms with Crippen LogP contribution >= 0.6 is 0 Å². The number of methoxy groups -OCH3 is 1. The molecule has 0 unspecified atom stereocenters. The molecule has 0 aromatic rings. The van der Waals surface area contributed by atoms with Crippen LogP contribution in [0.2, 0.25) is 0 Å². The number of piperazine rings is 1. The highest BCUT2D eigenvalue weighted by Gasteiger charge is 2.33. The topological polar surface area (TPSA) is 67.9 Å². The second kappa shape index (κ2) is 5.56. The predicted octanol–water partition coefficient (Wildman–Crippen LogP) is 0.757.